The zero-order valence-electron chi connectivity index (χ0n) is 21.7. The molecule has 0 spiro atoms. The van der Waals surface area contributed by atoms with Crippen molar-refractivity contribution in [3.05, 3.63) is 90.4 Å². The molecule has 8 heteroatoms. The maximum absolute atomic E-state index is 12.5. The number of nitrogens with one attached hydrogen (secondary N) is 2. The number of carbonyl (C=O) groups is 2. The highest BCUT2D eigenvalue weighted by atomic mass is 16.5. The van der Waals surface area contributed by atoms with Gasteiger partial charge in [-0.25, -0.2) is 4.98 Å². The average Bonchev–Trinajstić information content (AvgIpc) is 3.38. The molecule has 1 saturated heterocycles. The maximum Gasteiger partial charge on any atom is 0.227 e. The molecule has 2 amide bonds. The van der Waals surface area contributed by atoms with Crippen LogP contribution in [0.5, 0.6) is 5.75 Å². The van der Waals surface area contributed by atoms with Gasteiger partial charge in [-0.3, -0.25) is 14.6 Å². The van der Waals surface area contributed by atoms with Crippen molar-refractivity contribution in [2.24, 2.45) is 0 Å². The van der Waals surface area contributed by atoms with Crippen LogP contribution in [0.25, 0.3) is 11.1 Å². The first kappa shape index (κ1) is 24.6. The van der Waals surface area contributed by atoms with Gasteiger partial charge in [0.2, 0.25) is 11.8 Å². The zero-order valence-corrected chi connectivity index (χ0v) is 21.7. The van der Waals surface area contributed by atoms with Crippen LogP contribution in [-0.4, -0.2) is 28.3 Å². The minimum atomic E-state index is -0.186. The molecule has 0 saturated carbocycles. The Bertz CT molecular complexity index is 1540. The van der Waals surface area contributed by atoms with Crippen molar-refractivity contribution in [2.45, 2.75) is 38.7 Å². The second kappa shape index (κ2) is 10.6. The van der Waals surface area contributed by atoms with Crippen LogP contribution in [0.2, 0.25) is 0 Å². The lowest BCUT2D eigenvalue weighted by atomic mass is 9.94. The van der Waals surface area contributed by atoms with E-state index in [0.29, 0.717) is 36.5 Å². The molecule has 196 valence electrons. The normalized spacial score (nSPS) is 15.8. The summed E-state index contributed by atoms with van der Waals surface area (Å²) in [6.07, 6.45) is 7.53. The van der Waals surface area contributed by atoms with Crippen LogP contribution in [0.4, 0.5) is 22.9 Å². The Morgan fingerprint density at radius 2 is 1.87 bits per heavy atom. The Morgan fingerprint density at radius 3 is 2.69 bits per heavy atom. The van der Waals surface area contributed by atoms with Gasteiger partial charge in [-0.2, -0.15) is 0 Å². The number of anilines is 4. The molecule has 2 aromatic heterocycles. The molecule has 0 bridgehead atoms. The minimum absolute atomic E-state index is 0.0633. The van der Waals surface area contributed by atoms with E-state index in [9.17, 15) is 9.59 Å². The molecule has 39 heavy (non-hydrogen) atoms. The predicted molar refractivity (Wildman–Crippen MR) is 151 cm³/mol. The molecule has 6 rings (SSSR count). The Kier molecular flexibility index (Phi) is 6.67. The highest BCUT2D eigenvalue weighted by Gasteiger charge is 2.27. The molecule has 0 aliphatic carbocycles. The topological polar surface area (TPSA) is 96.4 Å². The number of aryl methyl sites for hydroxylation is 1. The maximum atomic E-state index is 12.5. The molecule has 1 fully saturated rings. The second-order valence-corrected chi connectivity index (χ2v) is 9.87. The van der Waals surface area contributed by atoms with E-state index in [-0.39, 0.29) is 17.9 Å². The number of fused-ring (bicyclic) bond motifs is 3. The Hall–Kier alpha value is -4.72. The summed E-state index contributed by atoms with van der Waals surface area (Å²) in [7, 11) is 0. The van der Waals surface area contributed by atoms with Crippen LogP contribution in [0.1, 0.15) is 43.4 Å². The first-order valence-corrected chi connectivity index (χ1v) is 13.2. The van der Waals surface area contributed by atoms with E-state index in [1.807, 2.05) is 78.7 Å². The Balaban J connectivity index is 1.15. The lowest BCUT2D eigenvalue weighted by molar-refractivity contribution is -0.117. The number of pyridine rings is 2. The van der Waals surface area contributed by atoms with Crippen molar-refractivity contribution in [1.82, 2.24) is 9.97 Å². The van der Waals surface area contributed by atoms with E-state index in [1.165, 1.54) is 0 Å². The van der Waals surface area contributed by atoms with E-state index in [4.69, 9.17) is 4.74 Å². The van der Waals surface area contributed by atoms with Gasteiger partial charge in [0.25, 0.3) is 0 Å². The number of hydrogen-bond acceptors (Lipinski definition) is 6. The summed E-state index contributed by atoms with van der Waals surface area (Å²) in [5.41, 5.74) is 6.32. The van der Waals surface area contributed by atoms with Crippen molar-refractivity contribution in [1.29, 1.82) is 0 Å². The summed E-state index contributed by atoms with van der Waals surface area (Å²) in [6.45, 7) is 2.75. The van der Waals surface area contributed by atoms with Gasteiger partial charge in [0.1, 0.15) is 17.7 Å². The summed E-state index contributed by atoms with van der Waals surface area (Å²) in [5, 5.41) is 6.22. The van der Waals surface area contributed by atoms with Gasteiger partial charge >= 0.3 is 0 Å². The fourth-order valence-electron chi connectivity index (χ4n) is 5.13. The van der Waals surface area contributed by atoms with Gasteiger partial charge < -0.3 is 20.3 Å². The Labute approximate surface area is 227 Å². The first-order valence-electron chi connectivity index (χ1n) is 13.2. The number of benzene rings is 2. The zero-order chi connectivity index (χ0) is 26.8. The molecule has 8 nitrogen and oxygen atoms in total. The molecule has 4 heterocycles. The van der Waals surface area contributed by atoms with Crippen molar-refractivity contribution in [3.8, 4) is 16.9 Å². The number of nitrogens with zero attached hydrogens (tertiary/aromatic N) is 3. The SMILES string of the molecule is CC1Oc2cc(N3CCCC3=O)ccc2-c2cnc(Nc3cncc(NC(=O)CCc4ccccc4)c3)cc21. The molecule has 1 unspecified atom stereocenters. The van der Waals surface area contributed by atoms with Gasteiger partial charge in [-0.05, 0) is 49.6 Å². The summed E-state index contributed by atoms with van der Waals surface area (Å²) in [4.78, 5) is 35.4. The molecule has 1 atom stereocenters. The monoisotopic (exact) mass is 519 g/mol. The molecule has 2 N–H and O–H groups in total. The largest absolute Gasteiger partial charge is 0.485 e. The van der Waals surface area contributed by atoms with Crippen molar-refractivity contribution >= 4 is 34.7 Å². The number of aromatic nitrogens is 2. The standard InChI is InChI=1S/C31H29N5O3/c1-20-26-16-29(33-19-27(26)25-11-10-24(15-28(25)39-20)36-13-5-8-31(36)38)34-22-14-23(18-32-17-22)35-30(37)12-9-21-6-3-2-4-7-21/h2-4,6-7,10-11,14-20H,5,8-9,12-13H2,1H3,(H,33,34)(H,35,37). The van der Waals surface area contributed by atoms with E-state index in [1.54, 1.807) is 12.4 Å². The smallest absolute Gasteiger partial charge is 0.227 e. The third kappa shape index (κ3) is 5.31. The van der Waals surface area contributed by atoms with Crippen molar-refractivity contribution in [2.75, 3.05) is 22.1 Å². The van der Waals surface area contributed by atoms with Gasteiger partial charge in [-0.15, -0.1) is 0 Å². The second-order valence-electron chi connectivity index (χ2n) is 9.87. The summed E-state index contributed by atoms with van der Waals surface area (Å²) in [5.74, 6) is 1.50. The summed E-state index contributed by atoms with van der Waals surface area (Å²) >= 11 is 0. The number of ether oxygens (including phenoxy) is 1. The van der Waals surface area contributed by atoms with Crippen molar-refractivity contribution < 1.29 is 14.3 Å². The molecule has 2 aliphatic heterocycles. The highest BCUT2D eigenvalue weighted by molar-refractivity contribution is 5.96. The van der Waals surface area contributed by atoms with Crippen LogP contribution in [0.15, 0.2) is 79.3 Å². The third-order valence-electron chi connectivity index (χ3n) is 7.10. The van der Waals surface area contributed by atoms with Crippen LogP contribution in [-0.2, 0) is 16.0 Å². The molecule has 0 radical (unpaired) electrons. The highest BCUT2D eigenvalue weighted by Crippen LogP contribution is 2.44. The van der Waals surface area contributed by atoms with Gasteiger partial charge in [-0.1, -0.05) is 30.3 Å². The van der Waals surface area contributed by atoms with E-state index in [0.717, 1.165) is 46.7 Å². The lowest BCUT2D eigenvalue weighted by Gasteiger charge is -2.28. The van der Waals surface area contributed by atoms with Crippen LogP contribution >= 0.6 is 0 Å². The van der Waals surface area contributed by atoms with Crippen LogP contribution in [0.3, 0.4) is 0 Å². The van der Waals surface area contributed by atoms with Crippen LogP contribution < -0.4 is 20.3 Å². The number of hydrogen-bond donors (Lipinski definition) is 2. The molecule has 4 aromatic rings. The molecular weight excluding hydrogens is 490 g/mol. The Morgan fingerprint density at radius 1 is 1.03 bits per heavy atom. The first-order chi connectivity index (χ1) is 19.0. The fourth-order valence-corrected chi connectivity index (χ4v) is 5.13. The van der Waals surface area contributed by atoms with E-state index in [2.05, 4.69) is 20.6 Å². The summed E-state index contributed by atoms with van der Waals surface area (Å²) < 4.78 is 6.26. The van der Waals surface area contributed by atoms with Crippen LogP contribution in [0, 0.1) is 0 Å². The third-order valence-corrected chi connectivity index (χ3v) is 7.10. The summed E-state index contributed by atoms with van der Waals surface area (Å²) in [6, 6.07) is 19.7. The quantitative estimate of drug-likeness (QED) is 0.309. The van der Waals surface area contributed by atoms with Gasteiger partial charge in [0, 0.05) is 54.0 Å². The van der Waals surface area contributed by atoms with Crippen molar-refractivity contribution in [3.63, 3.8) is 0 Å². The molecule has 2 aromatic carbocycles. The van der Waals surface area contributed by atoms with Gasteiger partial charge in [0.05, 0.1) is 23.8 Å². The molecular formula is C31H29N5O3. The number of amides is 2. The number of carbonyl (C=O) groups excluding carboxylic acids is 2. The van der Waals surface area contributed by atoms with E-state index >= 15 is 0 Å². The fraction of sp³-hybridized carbons (Fsp3) is 0.226. The molecule has 2 aliphatic rings. The average molecular weight is 520 g/mol. The minimum Gasteiger partial charge on any atom is -0.485 e. The predicted octanol–water partition coefficient (Wildman–Crippen LogP) is 6.04. The number of rotatable bonds is 7. The van der Waals surface area contributed by atoms with Gasteiger partial charge in [0.15, 0.2) is 0 Å². The lowest BCUT2D eigenvalue weighted by Crippen LogP contribution is -2.24. The van der Waals surface area contributed by atoms with E-state index < -0.39 is 0 Å².